The summed E-state index contributed by atoms with van der Waals surface area (Å²) in [7, 11) is 0. The number of nitrogens with one attached hydrogen (secondary N) is 1. The van der Waals surface area contributed by atoms with Gasteiger partial charge in [-0.25, -0.2) is 0 Å². The van der Waals surface area contributed by atoms with Crippen LogP contribution in [-0.2, 0) is 6.42 Å². The van der Waals surface area contributed by atoms with E-state index in [2.05, 4.69) is 22.4 Å². The third kappa shape index (κ3) is 3.04. The quantitative estimate of drug-likeness (QED) is 0.752. The highest BCUT2D eigenvalue weighted by molar-refractivity contribution is 4.94. The molecule has 0 saturated heterocycles. The standard InChI is InChI=1S/C12H21N3O/c1-2-13-9-5-8-11-14-15-12(16-11)10-6-3-4-7-10/h10,13H,2-9H2,1H3. The lowest BCUT2D eigenvalue weighted by atomic mass is 10.1. The number of aryl methyl sites for hydroxylation is 1. The first-order valence-electron chi connectivity index (χ1n) is 6.43. The van der Waals surface area contributed by atoms with E-state index in [0.29, 0.717) is 5.92 Å². The lowest BCUT2D eigenvalue weighted by Crippen LogP contribution is -2.14. The Kier molecular flexibility index (Phi) is 4.34. The van der Waals surface area contributed by atoms with Gasteiger partial charge in [-0.3, -0.25) is 0 Å². The third-order valence-corrected chi connectivity index (χ3v) is 3.18. The Bertz CT molecular complexity index is 305. The van der Waals surface area contributed by atoms with Crippen LogP contribution in [-0.4, -0.2) is 23.3 Å². The molecule has 4 nitrogen and oxygen atoms in total. The van der Waals surface area contributed by atoms with Gasteiger partial charge in [0.2, 0.25) is 11.8 Å². The van der Waals surface area contributed by atoms with Gasteiger partial charge in [0.05, 0.1) is 0 Å². The zero-order valence-corrected chi connectivity index (χ0v) is 10.0. The zero-order chi connectivity index (χ0) is 11.2. The fourth-order valence-corrected chi connectivity index (χ4v) is 2.25. The smallest absolute Gasteiger partial charge is 0.219 e. The minimum atomic E-state index is 0.537. The molecule has 1 N–H and O–H groups in total. The van der Waals surface area contributed by atoms with Crippen molar-refractivity contribution in [3.05, 3.63) is 11.8 Å². The first-order chi connectivity index (χ1) is 7.90. The van der Waals surface area contributed by atoms with E-state index < -0.39 is 0 Å². The maximum absolute atomic E-state index is 5.70. The van der Waals surface area contributed by atoms with Crippen LogP contribution in [0.4, 0.5) is 0 Å². The summed E-state index contributed by atoms with van der Waals surface area (Å²) in [4.78, 5) is 0. The van der Waals surface area contributed by atoms with Crippen molar-refractivity contribution in [1.29, 1.82) is 0 Å². The topological polar surface area (TPSA) is 51.0 Å². The molecule has 0 amide bonds. The summed E-state index contributed by atoms with van der Waals surface area (Å²) in [6.07, 6.45) is 7.02. The van der Waals surface area contributed by atoms with Crippen molar-refractivity contribution >= 4 is 0 Å². The molecule has 0 radical (unpaired) electrons. The average molecular weight is 223 g/mol. The number of aromatic nitrogens is 2. The van der Waals surface area contributed by atoms with Crippen LogP contribution < -0.4 is 5.32 Å². The van der Waals surface area contributed by atoms with Gasteiger partial charge in [0, 0.05) is 12.3 Å². The maximum Gasteiger partial charge on any atom is 0.219 e. The molecule has 1 aliphatic rings. The summed E-state index contributed by atoms with van der Waals surface area (Å²) < 4.78 is 5.70. The van der Waals surface area contributed by atoms with Crippen LogP contribution in [0.25, 0.3) is 0 Å². The minimum absolute atomic E-state index is 0.537. The molecular formula is C12H21N3O. The maximum atomic E-state index is 5.70. The van der Waals surface area contributed by atoms with Crippen LogP contribution in [0.3, 0.4) is 0 Å². The highest BCUT2D eigenvalue weighted by Crippen LogP contribution is 2.33. The molecule has 1 aliphatic carbocycles. The van der Waals surface area contributed by atoms with Crippen molar-refractivity contribution in [2.75, 3.05) is 13.1 Å². The zero-order valence-electron chi connectivity index (χ0n) is 10.0. The van der Waals surface area contributed by atoms with E-state index >= 15 is 0 Å². The van der Waals surface area contributed by atoms with Gasteiger partial charge < -0.3 is 9.73 Å². The molecular weight excluding hydrogens is 202 g/mol. The van der Waals surface area contributed by atoms with E-state index in [9.17, 15) is 0 Å². The summed E-state index contributed by atoms with van der Waals surface area (Å²) in [5, 5.41) is 11.6. The van der Waals surface area contributed by atoms with Gasteiger partial charge >= 0.3 is 0 Å². The van der Waals surface area contributed by atoms with Crippen molar-refractivity contribution in [3.8, 4) is 0 Å². The summed E-state index contributed by atoms with van der Waals surface area (Å²) in [5.74, 6) is 2.21. The van der Waals surface area contributed by atoms with Gasteiger partial charge in [-0.2, -0.15) is 0 Å². The fraction of sp³-hybridized carbons (Fsp3) is 0.833. The normalized spacial score (nSPS) is 17.1. The predicted molar refractivity (Wildman–Crippen MR) is 62.4 cm³/mol. The first-order valence-corrected chi connectivity index (χ1v) is 6.43. The highest BCUT2D eigenvalue weighted by atomic mass is 16.4. The molecule has 1 heterocycles. The first kappa shape index (κ1) is 11.6. The summed E-state index contributed by atoms with van der Waals surface area (Å²) in [6.45, 7) is 4.17. The molecule has 4 heteroatoms. The minimum Gasteiger partial charge on any atom is -0.425 e. The second kappa shape index (κ2) is 5.99. The highest BCUT2D eigenvalue weighted by Gasteiger charge is 2.22. The molecule has 0 spiro atoms. The van der Waals surface area contributed by atoms with Crippen LogP contribution in [0, 0.1) is 0 Å². The van der Waals surface area contributed by atoms with Gasteiger partial charge in [-0.1, -0.05) is 19.8 Å². The lowest BCUT2D eigenvalue weighted by Gasteiger charge is -2.00. The molecule has 16 heavy (non-hydrogen) atoms. The molecule has 0 aromatic carbocycles. The van der Waals surface area contributed by atoms with E-state index in [0.717, 1.165) is 37.7 Å². The number of nitrogens with zero attached hydrogens (tertiary/aromatic N) is 2. The van der Waals surface area contributed by atoms with Crippen molar-refractivity contribution in [3.63, 3.8) is 0 Å². The van der Waals surface area contributed by atoms with Crippen LogP contribution in [0.2, 0.25) is 0 Å². The summed E-state index contributed by atoms with van der Waals surface area (Å²) in [6, 6.07) is 0. The van der Waals surface area contributed by atoms with Crippen LogP contribution >= 0.6 is 0 Å². The third-order valence-electron chi connectivity index (χ3n) is 3.18. The summed E-state index contributed by atoms with van der Waals surface area (Å²) >= 11 is 0. The molecule has 1 fully saturated rings. The Morgan fingerprint density at radius 2 is 2.12 bits per heavy atom. The van der Waals surface area contributed by atoms with Crippen molar-refractivity contribution in [2.45, 2.75) is 51.4 Å². The van der Waals surface area contributed by atoms with Gasteiger partial charge in [0.25, 0.3) is 0 Å². The van der Waals surface area contributed by atoms with Gasteiger partial charge in [0.15, 0.2) is 0 Å². The largest absolute Gasteiger partial charge is 0.425 e. The SMILES string of the molecule is CCNCCCc1nnc(C2CCCC2)o1. The molecule has 0 aliphatic heterocycles. The van der Waals surface area contributed by atoms with Gasteiger partial charge in [-0.05, 0) is 32.4 Å². The predicted octanol–water partition coefficient (Wildman–Crippen LogP) is 2.27. The van der Waals surface area contributed by atoms with E-state index in [1.54, 1.807) is 0 Å². The second-order valence-electron chi connectivity index (χ2n) is 4.47. The monoisotopic (exact) mass is 223 g/mol. The Balaban J connectivity index is 1.77. The van der Waals surface area contributed by atoms with E-state index in [1.807, 2.05) is 0 Å². The van der Waals surface area contributed by atoms with Gasteiger partial charge in [-0.15, -0.1) is 10.2 Å². The molecule has 1 saturated carbocycles. The Labute approximate surface area is 96.8 Å². The Morgan fingerprint density at radius 3 is 2.88 bits per heavy atom. The number of hydrogen-bond acceptors (Lipinski definition) is 4. The van der Waals surface area contributed by atoms with Gasteiger partial charge in [0.1, 0.15) is 0 Å². The molecule has 90 valence electrons. The number of hydrogen-bond donors (Lipinski definition) is 1. The van der Waals surface area contributed by atoms with Crippen molar-refractivity contribution < 1.29 is 4.42 Å². The van der Waals surface area contributed by atoms with E-state index in [4.69, 9.17) is 4.42 Å². The second-order valence-corrected chi connectivity index (χ2v) is 4.47. The molecule has 1 aromatic rings. The van der Waals surface area contributed by atoms with Crippen LogP contribution in [0.15, 0.2) is 4.42 Å². The van der Waals surface area contributed by atoms with Crippen molar-refractivity contribution in [1.82, 2.24) is 15.5 Å². The molecule has 0 atom stereocenters. The van der Waals surface area contributed by atoms with E-state index in [-0.39, 0.29) is 0 Å². The summed E-state index contributed by atoms with van der Waals surface area (Å²) in [5.41, 5.74) is 0. The van der Waals surface area contributed by atoms with Crippen molar-refractivity contribution in [2.24, 2.45) is 0 Å². The lowest BCUT2D eigenvalue weighted by molar-refractivity contribution is 0.411. The molecule has 0 unspecified atom stereocenters. The average Bonchev–Trinajstić information content (AvgIpc) is 2.94. The van der Waals surface area contributed by atoms with E-state index in [1.165, 1.54) is 25.7 Å². The number of rotatable bonds is 6. The van der Waals surface area contributed by atoms with Crippen LogP contribution in [0.5, 0.6) is 0 Å². The molecule has 2 rings (SSSR count). The fourth-order valence-electron chi connectivity index (χ4n) is 2.25. The Morgan fingerprint density at radius 1 is 1.31 bits per heavy atom. The molecule has 1 aromatic heterocycles. The Hall–Kier alpha value is -0.900. The van der Waals surface area contributed by atoms with Crippen LogP contribution in [0.1, 0.15) is 56.7 Å². The molecule has 0 bridgehead atoms.